The first-order valence-corrected chi connectivity index (χ1v) is 7.30. The SMILES string of the molecule is C=CCn1ncc(NC(C)c2ccc(N)cc2)c(Br)c1=O. The first-order chi connectivity index (χ1) is 10.0. The summed E-state index contributed by atoms with van der Waals surface area (Å²) in [7, 11) is 0. The molecule has 0 saturated carbocycles. The Morgan fingerprint density at radius 3 is 2.76 bits per heavy atom. The van der Waals surface area contributed by atoms with E-state index in [9.17, 15) is 4.79 Å². The van der Waals surface area contributed by atoms with Crippen molar-refractivity contribution in [2.24, 2.45) is 0 Å². The van der Waals surface area contributed by atoms with Gasteiger partial charge in [0.05, 0.1) is 18.4 Å². The lowest BCUT2D eigenvalue weighted by Crippen LogP contribution is -2.24. The number of halogens is 1. The summed E-state index contributed by atoms with van der Waals surface area (Å²) in [5, 5.41) is 7.38. The van der Waals surface area contributed by atoms with Gasteiger partial charge in [0, 0.05) is 11.7 Å². The van der Waals surface area contributed by atoms with Gasteiger partial charge in [-0.3, -0.25) is 4.79 Å². The molecule has 0 spiro atoms. The predicted octanol–water partition coefficient (Wildman–Crippen LogP) is 2.95. The molecule has 0 radical (unpaired) electrons. The minimum Gasteiger partial charge on any atom is -0.399 e. The van der Waals surface area contributed by atoms with Crippen molar-refractivity contribution in [2.75, 3.05) is 11.1 Å². The van der Waals surface area contributed by atoms with Gasteiger partial charge >= 0.3 is 0 Å². The fourth-order valence-electron chi connectivity index (χ4n) is 1.92. The van der Waals surface area contributed by atoms with Crippen LogP contribution in [-0.4, -0.2) is 9.78 Å². The van der Waals surface area contributed by atoms with Crippen LogP contribution in [0.2, 0.25) is 0 Å². The van der Waals surface area contributed by atoms with E-state index in [4.69, 9.17) is 5.73 Å². The summed E-state index contributed by atoms with van der Waals surface area (Å²) in [5.74, 6) is 0. The Labute approximate surface area is 131 Å². The molecule has 5 nitrogen and oxygen atoms in total. The van der Waals surface area contributed by atoms with E-state index in [1.54, 1.807) is 12.3 Å². The molecule has 0 fully saturated rings. The average molecular weight is 349 g/mol. The molecule has 0 bridgehead atoms. The lowest BCUT2D eigenvalue weighted by molar-refractivity contribution is 0.648. The molecule has 0 amide bonds. The van der Waals surface area contributed by atoms with Gasteiger partial charge in [0.2, 0.25) is 0 Å². The molecule has 0 aliphatic carbocycles. The molecule has 0 aliphatic heterocycles. The molecule has 0 saturated heterocycles. The maximum atomic E-state index is 12.1. The van der Waals surface area contributed by atoms with Crippen molar-refractivity contribution in [3.63, 3.8) is 0 Å². The average Bonchev–Trinajstić information content (AvgIpc) is 2.47. The van der Waals surface area contributed by atoms with Gasteiger partial charge in [-0.2, -0.15) is 5.10 Å². The first-order valence-electron chi connectivity index (χ1n) is 6.51. The van der Waals surface area contributed by atoms with Gasteiger partial charge < -0.3 is 11.1 Å². The van der Waals surface area contributed by atoms with Crippen molar-refractivity contribution < 1.29 is 0 Å². The number of nitrogens with zero attached hydrogens (tertiary/aromatic N) is 2. The summed E-state index contributed by atoms with van der Waals surface area (Å²) in [6.07, 6.45) is 3.26. The lowest BCUT2D eigenvalue weighted by Gasteiger charge is -2.17. The second-order valence-electron chi connectivity index (χ2n) is 4.68. The molecule has 1 aromatic heterocycles. The van der Waals surface area contributed by atoms with E-state index in [1.807, 2.05) is 31.2 Å². The third kappa shape index (κ3) is 3.52. The number of rotatable bonds is 5. The van der Waals surface area contributed by atoms with Crippen LogP contribution in [0, 0.1) is 0 Å². The van der Waals surface area contributed by atoms with Gasteiger partial charge in [0.15, 0.2) is 0 Å². The normalized spacial score (nSPS) is 11.9. The Kier molecular flexibility index (Phi) is 4.80. The van der Waals surface area contributed by atoms with Crippen LogP contribution in [-0.2, 0) is 6.54 Å². The standard InChI is InChI=1S/C15H17BrN4O/c1-3-8-20-15(21)14(16)13(9-18-20)19-10(2)11-4-6-12(17)7-5-11/h3-7,9-10,19H,1,8,17H2,2H3. The number of aromatic nitrogens is 2. The molecule has 21 heavy (non-hydrogen) atoms. The monoisotopic (exact) mass is 348 g/mol. The third-order valence-electron chi connectivity index (χ3n) is 3.10. The number of hydrogen-bond acceptors (Lipinski definition) is 4. The van der Waals surface area contributed by atoms with Crippen molar-refractivity contribution in [1.29, 1.82) is 0 Å². The van der Waals surface area contributed by atoms with Gasteiger partial charge in [-0.1, -0.05) is 18.2 Å². The Morgan fingerprint density at radius 2 is 2.14 bits per heavy atom. The van der Waals surface area contributed by atoms with E-state index in [-0.39, 0.29) is 11.6 Å². The molecular weight excluding hydrogens is 332 g/mol. The van der Waals surface area contributed by atoms with Crippen LogP contribution in [0.15, 0.2) is 52.4 Å². The van der Waals surface area contributed by atoms with Crippen LogP contribution in [0.5, 0.6) is 0 Å². The van der Waals surface area contributed by atoms with Crippen molar-refractivity contribution in [3.8, 4) is 0 Å². The molecular formula is C15H17BrN4O. The quantitative estimate of drug-likeness (QED) is 0.643. The number of allylic oxidation sites excluding steroid dienone is 1. The van der Waals surface area contributed by atoms with Crippen LogP contribution >= 0.6 is 15.9 Å². The summed E-state index contributed by atoms with van der Waals surface area (Å²) in [4.78, 5) is 12.1. The summed E-state index contributed by atoms with van der Waals surface area (Å²) < 4.78 is 1.80. The Hall–Kier alpha value is -2.08. The Morgan fingerprint density at radius 1 is 1.48 bits per heavy atom. The first kappa shape index (κ1) is 15.3. The predicted molar refractivity (Wildman–Crippen MR) is 89.3 cm³/mol. The number of hydrogen-bond donors (Lipinski definition) is 2. The van der Waals surface area contributed by atoms with E-state index in [2.05, 4.69) is 32.9 Å². The topological polar surface area (TPSA) is 72.9 Å². The highest BCUT2D eigenvalue weighted by atomic mass is 79.9. The zero-order valence-electron chi connectivity index (χ0n) is 11.7. The van der Waals surface area contributed by atoms with E-state index in [0.29, 0.717) is 16.7 Å². The molecule has 2 aromatic rings. The highest BCUT2D eigenvalue weighted by Crippen LogP contribution is 2.23. The molecule has 1 unspecified atom stereocenters. The van der Waals surface area contributed by atoms with Gasteiger partial charge in [0.25, 0.3) is 5.56 Å². The number of benzene rings is 1. The minimum atomic E-state index is -0.190. The lowest BCUT2D eigenvalue weighted by atomic mass is 10.1. The summed E-state index contributed by atoms with van der Waals surface area (Å²) in [5.41, 5.74) is 7.94. The van der Waals surface area contributed by atoms with Crippen molar-refractivity contribution >= 4 is 27.3 Å². The molecule has 1 aromatic carbocycles. The molecule has 1 heterocycles. The molecule has 110 valence electrons. The van der Waals surface area contributed by atoms with E-state index in [0.717, 1.165) is 11.3 Å². The third-order valence-corrected chi connectivity index (χ3v) is 3.86. The van der Waals surface area contributed by atoms with Crippen LogP contribution in [0.4, 0.5) is 11.4 Å². The Bertz CT molecular complexity index is 694. The second kappa shape index (κ2) is 6.58. The van der Waals surface area contributed by atoms with E-state index < -0.39 is 0 Å². The van der Waals surface area contributed by atoms with Crippen molar-refractivity contribution in [1.82, 2.24) is 9.78 Å². The molecule has 3 N–H and O–H groups in total. The zero-order chi connectivity index (χ0) is 15.4. The van der Waals surface area contributed by atoms with Gasteiger partial charge in [0.1, 0.15) is 4.47 Å². The highest BCUT2D eigenvalue weighted by molar-refractivity contribution is 9.10. The van der Waals surface area contributed by atoms with Crippen LogP contribution in [0.25, 0.3) is 0 Å². The summed E-state index contributed by atoms with van der Waals surface area (Å²) in [6.45, 7) is 5.99. The smallest absolute Gasteiger partial charge is 0.283 e. The highest BCUT2D eigenvalue weighted by Gasteiger charge is 2.11. The van der Waals surface area contributed by atoms with E-state index >= 15 is 0 Å². The molecule has 1 atom stereocenters. The van der Waals surface area contributed by atoms with Gasteiger partial charge in [-0.05, 0) is 40.5 Å². The maximum absolute atomic E-state index is 12.1. The minimum absolute atomic E-state index is 0.0263. The number of nitrogens with one attached hydrogen (secondary N) is 1. The van der Waals surface area contributed by atoms with Crippen molar-refractivity contribution in [3.05, 3.63) is 63.5 Å². The van der Waals surface area contributed by atoms with Crippen LogP contribution in [0.1, 0.15) is 18.5 Å². The molecule has 2 rings (SSSR count). The van der Waals surface area contributed by atoms with Crippen molar-refractivity contribution in [2.45, 2.75) is 19.5 Å². The number of anilines is 2. The van der Waals surface area contributed by atoms with Gasteiger partial charge in [-0.15, -0.1) is 6.58 Å². The maximum Gasteiger partial charge on any atom is 0.283 e. The largest absolute Gasteiger partial charge is 0.399 e. The zero-order valence-corrected chi connectivity index (χ0v) is 13.3. The van der Waals surface area contributed by atoms with Crippen LogP contribution < -0.4 is 16.6 Å². The number of nitrogens with two attached hydrogens (primary N) is 1. The summed E-state index contributed by atoms with van der Waals surface area (Å²) >= 11 is 3.32. The fourth-order valence-corrected chi connectivity index (χ4v) is 2.34. The summed E-state index contributed by atoms with van der Waals surface area (Å²) in [6, 6.07) is 7.63. The fraction of sp³-hybridized carbons (Fsp3) is 0.200. The second-order valence-corrected chi connectivity index (χ2v) is 5.47. The number of nitrogen functional groups attached to an aromatic ring is 1. The van der Waals surface area contributed by atoms with Crippen LogP contribution in [0.3, 0.4) is 0 Å². The van der Waals surface area contributed by atoms with E-state index in [1.165, 1.54) is 4.68 Å². The molecule has 0 aliphatic rings. The Balaban J connectivity index is 2.23. The molecule has 6 heteroatoms. The van der Waals surface area contributed by atoms with Gasteiger partial charge in [-0.25, -0.2) is 4.68 Å².